The summed E-state index contributed by atoms with van der Waals surface area (Å²) in [6, 6.07) is 8.79. The van der Waals surface area contributed by atoms with Gasteiger partial charge in [-0.2, -0.15) is 5.06 Å². The van der Waals surface area contributed by atoms with Gasteiger partial charge in [0.2, 0.25) is 0 Å². The molecule has 0 aliphatic carbocycles. The van der Waals surface area contributed by atoms with Gasteiger partial charge in [-0.05, 0) is 12.5 Å². The van der Waals surface area contributed by atoms with E-state index >= 15 is 0 Å². The van der Waals surface area contributed by atoms with Crippen molar-refractivity contribution >= 4 is 5.97 Å². The Morgan fingerprint density at radius 1 is 1.47 bits per heavy atom. The van der Waals surface area contributed by atoms with Crippen LogP contribution in [0.25, 0.3) is 0 Å². The average molecular weight is 289 g/mol. The molecule has 19 heavy (non-hydrogen) atoms. The Kier molecular flexibility index (Phi) is 7.71. The summed E-state index contributed by atoms with van der Waals surface area (Å²) in [6.45, 7) is 2.74. The number of benzene rings is 1. The third-order valence-electron chi connectivity index (χ3n) is 2.82. The molecule has 0 radical (unpaired) electrons. The van der Waals surface area contributed by atoms with Gasteiger partial charge in [-0.1, -0.05) is 30.3 Å². The molecular formula is C13H16KNO4. The smallest absolute Gasteiger partial charge is 0.548 e. The van der Waals surface area contributed by atoms with Crippen LogP contribution in [0.5, 0.6) is 0 Å². The molecule has 0 bridgehead atoms. The molecule has 0 saturated carbocycles. The van der Waals surface area contributed by atoms with Crippen molar-refractivity contribution in [2.75, 3.05) is 6.61 Å². The molecule has 0 unspecified atom stereocenters. The summed E-state index contributed by atoms with van der Waals surface area (Å²) in [5.41, 5.74) is 0.987. The summed E-state index contributed by atoms with van der Waals surface area (Å²) in [4.78, 5) is 16.5. The Bertz CT molecular complexity index is 401. The third-order valence-corrected chi connectivity index (χ3v) is 2.82. The molecule has 98 valence electrons. The SMILES string of the molecule is CCO[C@@H]1C[C@H](C(=O)[O-])N(Cc2ccccc2)O1.[K+]. The van der Waals surface area contributed by atoms with E-state index in [9.17, 15) is 9.90 Å². The van der Waals surface area contributed by atoms with Crippen LogP contribution in [0.15, 0.2) is 30.3 Å². The fourth-order valence-corrected chi connectivity index (χ4v) is 1.98. The van der Waals surface area contributed by atoms with Crippen LogP contribution in [0, 0.1) is 0 Å². The monoisotopic (exact) mass is 289 g/mol. The summed E-state index contributed by atoms with van der Waals surface area (Å²) in [7, 11) is 0. The van der Waals surface area contributed by atoms with Crippen molar-refractivity contribution in [3.63, 3.8) is 0 Å². The van der Waals surface area contributed by atoms with Crippen molar-refractivity contribution < 1.29 is 70.9 Å². The third kappa shape index (κ3) is 4.91. The minimum atomic E-state index is -1.13. The van der Waals surface area contributed by atoms with Gasteiger partial charge in [-0.15, -0.1) is 0 Å². The molecule has 1 fully saturated rings. The molecule has 0 N–H and O–H groups in total. The number of carboxylic acids is 1. The van der Waals surface area contributed by atoms with E-state index < -0.39 is 18.3 Å². The molecular weight excluding hydrogens is 273 g/mol. The molecule has 5 nitrogen and oxygen atoms in total. The first-order chi connectivity index (χ1) is 8.70. The second-order valence-electron chi connectivity index (χ2n) is 4.12. The Hall–Kier alpha value is 0.206. The van der Waals surface area contributed by atoms with Gasteiger partial charge in [0.15, 0.2) is 6.29 Å². The summed E-state index contributed by atoms with van der Waals surface area (Å²) in [5, 5.41) is 12.5. The number of ether oxygens (including phenoxy) is 1. The summed E-state index contributed by atoms with van der Waals surface area (Å²) in [6.07, 6.45) is -0.204. The largest absolute Gasteiger partial charge is 1.00 e. The predicted octanol–water partition coefficient (Wildman–Crippen LogP) is -2.69. The molecule has 1 aliphatic heterocycles. The van der Waals surface area contributed by atoms with Crippen LogP contribution >= 0.6 is 0 Å². The molecule has 1 heterocycles. The van der Waals surface area contributed by atoms with Crippen molar-refractivity contribution in [1.82, 2.24) is 5.06 Å². The van der Waals surface area contributed by atoms with Crippen LogP contribution in [0.4, 0.5) is 0 Å². The fraction of sp³-hybridized carbons (Fsp3) is 0.462. The van der Waals surface area contributed by atoms with E-state index in [-0.39, 0.29) is 51.4 Å². The average Bonchev–Trinajstić information content (AvgIpc) is 2.74. The standard InChI is InChI=1S/C13H17NO4.K/c1-2-17-12-8-11(13(15)16)14(18-12)9-10-6-4-3-5-7-10;/h3-7,11-12H,2,8-9H2,1H3,(H,15,16);/q;+1/p-1/t11-,12+;/m1./s1. The Balaban J connectivity index is 0.00000180. The first-order valence-corrected chi connectivity index (χ1v) is 6.00. The summed E-state index contributed by atoms with van der Waals surface area (Å²) < 4.78 is 5.30. The maximum absolute atomic E-state index is 11.1. The zero-order valence-electron chi connectivity index (χ0n) is 11.2. The van der Waals surface area contributed by atoms with Crippen LogP contribution in [0.1, 0.15) is 18.9 Å². The molecule has 0 amide bonds. The van der Waals surface area contributed by atoms with Crippen LogP contribution in [0.3, 0.4) is 0 Å². The van der Waals surface area contributed by atoms with Crippen LogP contribution in [0.2, 0.25) is 0 Å². The van der Waals surface area contributed by atoms with Crippen molar-refractivity contribution in [1.29, 1.82) is 0 Å². The number of hydrogen-bond acceptors (Lipinski definition) is 5. The number of carbonyl (C=O) groups is 1. The molecule has 0 aromatic heterocycles. The van der Waals surface area contributed by atoms with E-state index in [4.69, 9.17) is 9.57 Å². The van der Waals surface area contributed by atoms with Crippen LogP contribution in [-0.4, -0.2) is 30.0 Å². The Labute approximate surface area is 155 Å². The summed E-state index contributed by atoms with van der Waals surface area (Å²) >= 11 is 0. The normalized spacial score (nSPS) is 23.0. The van der Waals surface area contributed by atoms with E-state index in [0.717, 1.165) is 5.56 Å². The van der Waals surface area contributed by atoms with E-state index in [0.29, 0.717) is 19.6 Å². The zero-order chi connectivity index (χ0) is 13.0. The molecule has 1 aliphatic rings. The first-order valence-electron chi connectivity index (χ1n) is 6.00. The van der Waals surface area contributed by atoms with Gasteiger partial charge in [0.1, 0.15) is 0 Å². The fourth-order valence-electron chi connectivity index (χ4n) is 1.98. The minimum absolute atomic E-state index is 0. The summed E-state index contributed by atoms with van der Waals surface area (Å²) in [5.74, 6) is -1.13. The van der Waals surface area contributed by atoms with E-state index in [1.807, 2.05) is 37.3 Å². The predicted molar refractivity (Wildman–Crippen MR) is 61.9 cm³/mol. The topological polar surface area (TPSA) is 61.8 Å². The maximum atomic E-state index is 11.1. The van der Waals surface area contributed by atoms with Gasteiger partial charge in [0.05, 0.1) is 12.0 Å². The van der Waals surface area contributed by atoms with Crippen molar-refractivity contribution in [3.8, 4) is 0 Å². The van der Waals surface area contributed by atoms with E-state index in [2.05, 4.69) is 0 Å². The van der Waals surface area contributed by atoms with Crippen molar-refractivity contribution in [2.45, 2.75) is 32.2 Å². The second-order valence-corrected chi connectivity index (χ2v) is 4.12. The zero-order valence-corrected chi connectivity index (χ0v) is 14.4. The van der Waals surface area contributed by atoms with Crippen molar-refractivity contribution in [2.24, 2.45) is 0 Å². The quantitative estimate of drug-likeness (QED) is 0.553. The van der Waals surface area contributed by atoms with E-state index in [1.165, 1.54) is 5.06 Å². The van der Waals surface area contributed by atoms with E-state index in [1.54, 1.807) is 0 Å². The number of rotatable bonds is 5. The maximum Gasteiger partial charge on any atom is 1.00 e. The molecule has 2 atom stereocenters. The number of hydrogen-bond donors (Lipinski definition) is 0. The van der Waals surface area contributed by atoms with Gasteiger partial charge in [-0.3, -0.25) is 4.84 Å². The molecule has 2 rings (SSSR count). The second kappa shape index (κ2) is 8.48. The molecule has 1 aromatic rings. The number of hydroxylamine groups is 2. The van der Waals surface area contributed by atoms with Gasteiger partial charge < -0.3 is 14.6 Å². The first kappa shape index (κ1) is 17.3. The minimum Gasteiger partial charge on any atom is -0.548 e. The molecule has 1 aromatic carbocycles. The van der Waals surface area contributed by atoms with Gasteiger partial charge in [0.25, 0.3) is 0 Å². The van der Waals surface area contributed by atoms with Gasteiger partial charge in [0, 0.05) is 19.6 Å². The molecule has 0 spiro atoms. The van der Waals surface area contributed by atoms with Crippen LogP contribution in [-0.2, 0) is 20.9 Å². The van der Waals surface area contributed by atoms with Crippen LogP contribution < -0.4 is 56.5 Å². The van der Waals surface area contributed by atoms with Gasteiger partial charge >= 0.3 is 51.4 Å². The number of aliphatic carboxylic acids is 1. The molecule has 1 saturated heterocycles. The number of carbonyl (C=O) groups excluding carboxylic acids is 1. The number of nitrogens with zero attached hydrogens (tertiary/aromatic N) is 1. The van der Waals surface area contributed by atoms with Crippen molar-refractivity contribution in [3.05, 3.63) is 35.9 Å². The van der Waals surface area contributed by atoms with Gasteiger partial charge in [-0.25, -0.2) is 0 Å². The Morgan fingerprint density at radius 2 is 2.16 bits per heavy atom. The Morgan fingerprint density at radius 3 is 2.74 bits per heavy atom. The molecule has 6 heteroatoms. The number of carboxylic acid groups (broad SMARTS) is 1.